The summed E-state index contributed by atoms with van der Waals surface area (Å²) in [6, 6.07) is 1.09. The van der Waals surface area contributed by atoms with E-state index in [4.69, 9.17) is 25.2 Å². The van der Waals surface area contributed by atoms with E-state index in [1.54, 1.807) is 0 Å². The highest BCUT2D eigenvalue weighted by atomic mass is 31.3. The lowest BCUT2D eigenvalue weighted by molar-refractivity contribution is -0.265. The van der Waals surface area contributed by atoms with E-state index in [0.29, 0.717) is 4.57 Å². The first-order valence-corrected chi connectivity index (χ1v) is 12.2. The zero-order valence-electron chi connectivity index (χ0n) is 15.4. The molecule has 5 atom stereocenters. The maximum Gasteiger partial charge on any atom is 0.490 e. The molecule has 1 rings (SSSR count). The number of hydrogen-bond donors (Lipinski definition) is 7. The standard InChI is InChI=1S/C10H19FN3O14P3/c1-6(16)10(11,26-8(4-15)14-3-2-7(12)13-9(14)17)5-25-30(21,22)28-31(23,24)27-29(18,19)20/h2-3,6,8,15-16H,4-5H2,1H3,(H,21,22)(H,23,24)(H2,12,13,17)(H2,18,19,20)/t6-,8+,10+/m0/s1. The summed E-state index contributed by atoms with van der Waals surface area (Å²) in [7, 11) is -17.3. The topological polar surface area (TPSA) is 270 Å². The van der Waals surface area contributed by atoms with Gasteiger partial charge in [0.2, 0.25) is 0 Å². The first-order valence-electron chi connectivity index (χ1n) is 7.68. The molecule has 180 valence electrons. The van der Waals surface area contributed by atoms with E-state index in [2.05, 4.69) is 18.1 Å². The molecule has 0 aliphatic carbocycles. The zero-order valence-corrected chi connectivity index (χ0v) is 18.0. The van der Waals surface area contributed by atoms with Crippen molar-refractivity contribution in [3.05, 3.63) is 22.7 Å². The van der Waals surface area contributed by atoms with Crippen LogP contribution in [0.4, 0.5) is 10.2 Å². The number of rotatable bonds is 12. The fourth-order valence-corrected chi connectivity index (χ4v) is 4.81. The molecular formula is C10H19FN3O14P3. The number of phosphoric acid groups is 3. The third kappa shape index (κ3) is 9.11. The van der Waals surface area contributed by atoms with Crippen molar-refractivity contribution in [1.82, 2.24) is 9.55 Å². The van der Waals surface area contributed by atoms with E-state index in [1.165, 1.54) is 0 Å². The summed E-state index contributed by atoms with van der Waals surface area (Å²) in [6.07, 6.45) is -3.06. The van der Waals surface area contributed by atoms with E-state index in [1.807, 2.05) is 0 Å². The quantitative estimate of drug-likeness (QED) is 0.159. The number of aromatic nitrogens is 2. The average Bonchev–Trinajstić information content (AvgIpc) is 2.55. The Kier molecular flexibility index (Phi) is 9.22. The highest BCUT2D eigenvalue weighted by Crippen LogP contribution is 2.66. The molecule has 8 N–H and O–H groups in total. The molecule has 0 radical (unpaired) electrons. The first kappa shape index (κ1) is 27.9. The summed E-state index contributed by atoms with van der Waals surface area (Å²) in [5, 5.41) is 19.0. The van der Waals surface area contributed by atoms with Crippen molar-refractivity contribution in [2.75, 3.05) is 18.9 Å². The van der Waals surface area contributed by atoms with Crippen molar-refractivity contribution in [3.8, 4) is 0 Å². The van der Waals surface area contributed by atoms with E-state index in [9.17, 15) is 33.6 Å². The highest BCUT2D eigenvalue weighted by Gasteiger charge is 2.46. The molecule has 31 heavy (non-hydrogen) atoms. The lowest BCUT2D eigenvalue weighted by Gasteiger charge is -2.32. The smallest absolute Gasteiger partial charge is 0.392 e. The summed E-state index contributed by atoms with van der Waals surface area (Å²) in [5.41, 5.74) is 4.19. The Hall–Kier alpha value is -1.10. The van der Waals surface area contributed by atoms with Crippen molar-refractivity contribution in [2.24, 2.45) is 0 Å². The number of phosphoric ester groups is 1. The van der Waals surface area contributed by atoms with Crippen LogP contribution in [0.2, 0.25) is 0 Å². The highest BCUT2D eigenvalue weighted by molar-refractivity contribution is 7.66. The summed E-state index contributed by atoms with van der Waals surface area (Å²) in [6.45, 7) is -2.00. The SMILES string of the molecule is C[C@H](O)[C@@](F)(COP(=O)(O)OP(=O)(O)OP(=O)(O)O)O[C@H](CO)n1ccc(N)nc1=O. The molecular weight excluding hydrogens is 498 g/mol. The molecule has 0 bridgehead atoms. The first-order chi connectivity index (χ1) is 13.9. The molecule has 21 heteroatoms. The van der Waals surface area contributed by atoms with Crippen molar-refractivity contribution < 1.29 is 65.8 Å². The summed E-state index contributed by atoms with van der Waals surface area (Å²) in [4.78, 5) is 50.4. The van der Waals surface area contributed by atoms with Crippen LogP contribution in [0.3, 0.4) is 0 Å². The lowest BCUT2D eigenvalue weighted by atomic mass is 10.2. The third-order valence-corrected chi connectivity index (χ3v) is 6.90. The van der Waals surface area contributed by atoms with Crippen molar-refractivity contribution in [2.45, 2.75) is 25.1 Å². The molecule has 1 heterocycles. The number of hydrogen-bond acceptors (Lipinski definition) is 12. The van der Waals surface area contributed by atoms with Gasteiger partial charge in [0.1, 0.15) is 18.5 Å². The van der Waals surface area contributed by atoms with Gasteiger partial charge < -0.3 is 40.3 Å². The van der Waals surface area contributed by atoms with Crippen LogP contribution in [-0.4, -0.2) is 64.5 Å². The van der Waals surface area contributed by atoms with Gasteiger partial charge in [-0.2, -0.15) is 13.6 Å². The Bertz CT molecular complexity index is 967. The molecule has 0 aromatic carbocycles. The number of nitrogen functional groups attached to an aromatic ring is 1. The van der Waals surface area contributed by atoms with Crippen LogP contribution < -0.4 is 11.4 Å². The Labute approximate surface area is 172 Å². The second-order valence-corrected chi connectivity index (χ2v) is 10.0. The fourth-order valence-electron chi connectivity index (χ4n) is 1.78. The van der Waals surface area contributed by atoms with Gasteiger partial charge in [0.05, 0.1) is 6.61 Å². The molecule has 0 spiro atoms. The monoisotopic (exact) mass is 517 g/mol. The Morgan fingerprint density at radius 2 is 1.81 bits per heavy atom. The molecule has 0 aliphatic heterocycles. The van der Waals surface area contributed by atoms with Gasteiger partial charge in [0.25, 0.3) is 5.85 Å². The minimum Gasteiger partial charge on any atom is -0.392 e. The number of halogens is 1. The van der Waals surface area contributed by atoms with E-state index in [0.717, 1.165) is 19.2 Å². The predicted molar refractivity (Wildman–Crippen MR) is 95.5 cm³/mol. The Morgan fingerprint density at radius 1 is 1.23 bits per heavy atom. The normalized spacial score (nSPS) is 20.3. The Balaban J connectivity index is 3.01. The molecule has 17 nitrogen and oxygen atoms in total. The van der Waals surface area contributed by atoms with Gasteiger partial charge in [-0.1, -0.05) is 0 Å². The minimum absolute atomic E-state index is 0.215. The van der Waals surface area contributed by atoms with Crippen molar-refractivity contribution in [3.63, 3.8) is 0 Å². The number of aliphatic hydroxyl groups excluding tert-OH is 2. The van der Waals surface area contributed by atoms with Crippen LogP contribution in [0.15, 0.2) is 17.1 Å². The fraction of sp³-hybridized carbons (Fsp3) is 0.600. The second-order valence-electron chi connectivity index (χ2n) is 5.62. The molecule has 1 aromatic rings. The molecule has 0 amide bonds. The van der Waals surface area contributed by atoms with Crippen LogP contribution in [0, 0.1) is 0 Å². The minimum atomic E-state index is -5.87. The van der Waals surface area contributed by atoms with Crippen molar-refractivity contribution in [1.29, 1.82) is 0 Å². The van der Waals surface area contributed by atoms with E-state index in [-0.39, 0.29) is 5.82 Å². The van der Waals surface area contributed by atoms with Crippen LogP contribution in [-0.2, 0) is 31.6 Å². The number of nitrogens with two attached hydrogens (primary N) is 1. The summed E-state index contributed by atoms with van der Waals surface area (Å²) >= 11 is 0. The van der Waals surface area contributed by atoms with Gasteiger partial charge in [-0.3, -0.25) is 9.09 Å². The molecule has 0 aliphatic rings. The second kappa shape index (κ2) is 10.2. The van der Waals surface area contributed by atoms with Gasteiger partial charge in [0.15, 0.2) is 6.23 Å². The number of anilines is 1. The zero-order chi connectivity index (χ0) is 24.3. The molecule has 0 fully saturated rings. The summed E-state index contributed by atoms with van der Waals surface area (Å²) in [5.74, 6) is -3.66. The molecule has 1 aromatic heterocycles. The van der Waals surface area contributed by atoms with Gasteiger partial charge in [-0.25, -0.2) is 22.9 Å². The number of alkyl halides is 1. The van der Waals surface area contributed by atoms with Crippen molar-refractivity contribution >= 4 is 29.3 Å². The number of ether oxygens (including phenoxy) is 1. The Morgan fingerprint density at radius 3 is 2.26 bits per heavy atom. The molecule has 2 unspecified atom stereocenters. The maximum absolute atomic E-state index is 15.0. The van der Waals surface area contributed by atoms with E-state index < -0.39 is 60.6 Å². The summed E-state index contributed by atoms with van der Waals surface area (Å²) < 4.78 is 64.9. The van der Waals surface area contributed by atoms with Gasteiger partial charge in [0, 0.05) is 6.20 Å². The number of aliphatic hydroxyl groups is 2. The number of nitrogens with zero attached hydrogens (tertiary/aromatic N) is 2. The van der Waals surface area contributed by atoms with Gasteiger partial charge >= 0.3 is 29.2 Å². The predicted octanol–water partition coefficient (Wildman–Crippen LogP) is -1.28. The van der Waals surface area contributed by atoms with Crippen LogP contribution in [0.25, 0.3) is 0 Å². The van der Waals surface area contributed by atoms with Crippen LogP contribution in [0.5, 0.6) is 0 Å². The van der Waals surface area contributed by atoms with Crippen LogP contribution in [0.1, 0.15) is 13.2 Å². The van der Waals surface area contributed by atoms with Gasteiger partial charge in [-0.05, 0) is 13.0 Å². The third-order valence-electron chi connectivity index (χ3n) is 3.11. The van der Waals surface area contributed by atoms with Gasteiger partial charge in [-0.15, -0.1) is 0 Å². The molecule has 0 saturated carbocycles. The average molecular weight is 517 g/mol. The lowest BCUT2D eigenvalue weighted by Crippen LogP contribution is -2.46. The van der Waals surface area contributed by atoms with Crippen LogP contribution >= 0.6 is 23.5 Å². The molecule has 0 saturated heterocycles. The largest absolute Gasteiger partial charge is 0.490 e. The van der Waals surface area contributed by atoms with E-state index >= 15 is 4.39 Å². The maximum atomic E-state index is 15.0.